The van der Waals surface area contributed by atoms with Crippen molar-refractivity contribution in [2.45, 2.75) is 13.3 Å². The van der Waals surface area contributed by atoms with Crippen molar-refractivity contribution in [2.24, 2.45) is 0 Å². The standard InChI is InChI=1S/C16H14N4O4S/c1-2-24-13(21)7-10-9-25-16(18-10)19-14(22)11-8-17-12-5-3-4-6-20(12)15(11)23/h3-6,8-9H,2,7H2,1H3,(H,18,19,22). The Morgan fingerprint density at radius 3 is 3.00 bits per heavy atom. The van der Waals surface area contributed by atoms with Crippen LogP contribution in [0.4, 0.5) is 5.13 Å². The Labute approximate surface area is 146 Å². The normalized spacial score (nSPS) is 10.6. The maximum absolute atomic E-state index is 12.4. The minimum atomic E-state index is -0.604. The van der Waals surface area contributed by atoms with Crippen LogP contribution in [0.25, 0.3) is 5.65 Å². The number of aromatic nitrogens is 3. The smallest absolute Gasteiger partial charge is 0.311 e. The van der Waals surface area contributed by atoms with Gasteiger partial charge in [0.1, 0.15) is 11.2 Å². The van der Waals surface area contributed by atoms with Crippen LogP contribution in [0.1, 0.15) is 23.0 Å². The number of rotatable bonds is 5. The van der Waals surface area contributed by atoms with Crippen molar-refractivity contribution in [1.29, 1.82) is 0 Å². The van der Waals surface area contributed by atoms with Crippen LogP contribution in [0.5, 0.6) is 0 Å². The molecule has 0 spiro atoms. The number of nitrogens with one attached hydrogen (secondary N) is 1. The van der Waals surface area contributed by atoms with Gasteiger partial charge in [-0.3, -0.25) is 24.1 Å². The molecule has 3 heterocycles. The third-order valence-corrected chi connectivity index (χ3v) is 4.07. The zero-order valence-electron chi connectivity index (χ0n) is 13.3. The largest absolute Gasteiger partial charge is 0.466 e. The first-order chi connectivity index (χ1) is 12.1. The molecule has 9 heteroatoms. The lowest BCUT2D eigenvalue weighted by Gasteiger charge is -2.03. The lowest BCUT2D eigenvalue weighted by molar-refractivity contribution is -0.142. The van der Waals surface area contributed by atoms with Gasteiger partial charge in [0.05, 0.1) is 18.7 Å². The van der Waals surface area contributed by atoms with Gasteiger partial charge in [-0.05, 0) is 19.1 Å². The Hall–Kier alpha value is -3.07. The van der Waals surface area contributed by atoms with Crippen molar-refractivity contribution in [3.63, 3.8) is 0 Å². The summed E-state index contributed by atoms with van der Waals surface area (Å²) in [6.07, 6.45) is 2.81. The number of pyridine rings is 1. The van der Waals surface area contributed by atoms with Crippen LogP contribution in [0, 0.1) is 0 Å². The Morgan fingerprint density at radius 1 is 1.36 bits per heavy atom. The molecule has 3 aromatic heterocycles. The van der Waals surface area contributed by atoms with E-state index in [0.29, 0.717) is 23.1 Å². The molecular formula is C16H14N4O4S. The monoisotopic (exact) mass is 358 g/mol. The summed E-state index contributed by atoms with van der Waals surface area (Å²) >= 11 is 1.16. The second kappa shape index (κ2) is 7.22. The highest BCUT2D eigenvalue weighted by molar-refractivity contribution is 7.14. The fourth-order valence-electron chi connectivity index (χ4n) is 2.15. The molecular weight excluding hydrogens is 344 g/mol. The average molecular weight is 358 g/mol. The lowest BCUT2D eigenvalue weighted by atomic mass is 10.3. The molecule has 0 saturated heterocycles. The van der Waals surface area contributed by atoms with Gasteiger partial charge in [-0.25, -0.2) is 9.97 Å². The molecule has 0 aliphatic carbocycles. The molecule has 0 aromatic carbocycles. The average Bonchev–Trinajstić information content (AvgIpc) is 3.02. The third kappa shape index (κ3) is 3.72. The van der Waals surface area contributed by atoms with E-state index in [-0.39, 0.29) is 18.0 Å². The molecule has 25 heavy (non-hydrogen) atoms. The van der Waals surface area contributed by atoms with E-state index in [1.54, 1.807) is 36.7 Å². The number of hydrogen-bond acceptors (Lipinski definition) is 7. The topological polar surface area (TPSA) is 103 Å². The number of thiazole rings is 1. The highest BCUT2D eigenvalue weighted by Gasteiger charge is 2.15. The number of fused-ring (bicyclic) bond motifs is 1. The van der Waals surface area contributed by atoms with Gasteiger partial charge < -0.3 is 4.74 Å². The molecule has 3 rings (SSSR count). The van der Waals surface area contributed by atoms with Crippen LogP contribution in [-0.4, -0.2) is 32.9 Å². The highest BCUT2D eigenvalue weighted by atomic mass is 32.1. The summed E-state index contributed by atoms with van der Waals surface area (Å²) < 4.78 is 6.14. The van der Waals surface area contributed by atoms with E-state index in [4.69, 9.17) is 4.74 Å². The van der Waals surface area contributed by atoms with Crippen LogP contribution >= 0.6 is 11.3 Å². The van der Waals surface area contributed by atoms with E-state index in [1.807, 2.05) is 0 Å². The summed E-state index contributed by atoms with van der Waals surface area (Å²) in [4.78, 5) is 44.4. The first-order valence-electron chi connectivity index (χ1n) is 7.46. The molecule has 0 atom stereocenters. The molecule has 1 N–H and O–H groups in total. The molecule has 3 aromatic rings. The number of hydrogen-bond donors (Lipinski definition) is 1. The Bertz CT molecular complexity index is 995. The summed E-state index contributed by atoms with van der Waals surface area (Å²) in [6, 6.07) is 5.11. The number of ether oxygens (including phenoxy) is 1. The number of carbonyl (C=O) groups is 2. The van der Waals surface area contributed by atoms with Crippen molar-refractivity contribution in [3.8, 4) is 0 Å². The predicted octanol–water partition coefficient (Wildman–Crippen LogP) is 1.51. The van der Waals surface area contributed by atoms with E-state index < -0.39 is 11.5 Å². The zero-order chi connectivity index (χ0) is 17.8. The number of nitrogens with zero attached hydrogens (tertiary/aromatic N) is 3. The van der Waals surface area contributed by atoms with Crippen molar-refractivity contribution in [3.05, 3.63) is 57.6 Å². The zero-order valence-corrected chi connectivity index (χ0v) is 14.1. The molecule has 0 unspecified atom stereocenters. The number of carbonyl (C=O) groups excluding carboxylic acids is 2. The van der Waals surface area contributed by atoms with Crippen molar-refractivity contribution < 1.29 is 14.3 Å². The van der Waals surface area contributed by atoms with E-state index in [1.165, 1.54) is 10.6 Å². The summed E-state index contributed by atoms with van der Waals surface area (Å²) in [6.45, 7) is 2.02. The molecule has 0 bridgehead atoms. The van der Waals surface area contributed by atoms with E-state index >= 15 is 0 Å². The number of amides is 1. The highest BCUT2D eigenvalue weighted by Crippen LogP contribution is 2.16. The Morgan fingerprint density at radius 2 is 2.20 bits per heavy atom. The fourth-order valence-corrected chi connectivity index (χ4v) is 2.86. The molecule has 0 fully saturated rings. The fraction of sp³-hybridized carbons (Fsp3) is 0.188. The molecule has 0 radical (unpaired) electrons. The minimum absolute atomic E-state index is 0.0282. The van der Waals surface area contributed by atoms with Gasteiger partial charge in [0, 0.05) is 17.8 Å². The van der Waals surface area contributed by atoms with Crippen LogP contribution in [0.2, 0.25) is 0 Å². The van der Waals surface area contributed by atoms with Crippen molar-refractivity contribution >= 4 is 34.0 Å². The Kier molecular flexibility index (Phi) is 4.85. The first kappa shape index (κ1) is 16.8. The second-order valence-electron chi connectivity index (χ2n) is 4.99. The SMILES string of the molecule is CCOC(=O)Cc1csc(NC(=O)c2cnc3ccccn3c2=O)n1. The molecule has 0 saturated carbocycles. The van der Waals surface area contributed by atoms with Crippen LogP contribution < -0.4 is 10.9 Å². The minimum Gasteiger partial charge on any atom is -0.466 e. The van der Waals surface area contributed by atoms with Crippen LogP contribution in [0.15, 0.2) is 40.8 Å². The van der Waals surface area contributed by atoms with Gasteiger partial charge in [0.15, 0.2) is 5.13 Å². The van der Waals surface area contributed by atoms with Crippen molar-refractivity contribution in [2.75, 3.05) is 11.9 Å². The van der Waals surface area contributed by atoms with Crippen molar-refractivity contribution in [1.82, 2.24) is 14.4 Å². The summed E-state index contributed by atoms with van der Waals surface area (Å²) in [5.74, 6) is -0.990. The van der Waals surface area contributed by atoms with Gasteiger partial charge in [-0.2, -0.15) is 0 Å². The summed E-state index contributed by atoms with van der Waals surface area (Å²) in [7, 11) is 0. The van der Waals surface area contributed by atoms with E-state index in [0.717, 1.165) is 11.3 Å². The molecule has 0 aliphatic heterocycles. The van der Waals surface area contributed by atoms with Gasteiger partial charge in [0.25, 0.3) is 11.5 Å². The van der Waals surface area contributed by atoms with E-state index in [9.17, 15) is 14.4 Å². The maximum atomic E-state index is 12.4. The molecule has 1 amide bonds. The number of anilines is 1. The van der Waals surface area contributed by atoms with Crippen LogP contribution in [0.3, 0.4) is 0 Å². The van der Waals surface area contributed by atoms with Crippen LogP contribution in [-0.2, 0) is 16.0 Å². The molecule has 128 valence electrons. The maximum Gasteiger partial charge on any atom is 0.311 e. The van der Waals surface area contributed by atoms with Gasteiger partial charge in [-0.1, -0.05) is 6.07 Å². The molecule has 8 nitrogen and oxygen atoms in total. The first-order valence-corrected chi connectivity index (χ1v) is 8.34. The van der Waals surface area contributed by atoms with E-state index in [2.05, 4.69) is 15.3 Å². The second-order valence-corrected chi connectivity index (χ2v) is 5.84. The van der Waals surface area contributed by atoms with Gasteiger partial charge >= 0.3 is 5.97 Å². The lowest BCUT2D eigenvalue weighted by Crippen LogP contribution is -2.26. The van der Waals surface area contributed by atoms with Gasteiger partial charge in [-0.15, -0.1) is 11.3 Å². The quantitative estimate of drug-likeness (QED) is 0.694. The van der Waals surface area contributed by atoms with Gasteiger partial charge in [0.2, 0.25) is 0 Å². The number of esters is 1. The molecule has 0 aliphatic rings. The Balaban J connectivity index is 1.77. The summed E-state index contributed by atoms with van der Waals surface area (Å²) in [5, 5.41) is 4.50. The predicted molar refractivity (Wildman–Crippen MR) is 91.9 cm³/mol. The summed E-state index contributed by atoms with van der Waals surface area (Å²) in [5.41, 5.74) is 0.388. The third-order valence-electron chi connectivity index (χ3n) is 3.26.